The van der Waals surface area contributed by atoms with E-state index in [1.807, 2.05) is 6.08 Å². The maximum Gasteiger partial charge on any atom is 0.155 e. The predicted molar refractivity (Wildman–Crippen MR) is 77.1 cm³/mol. The molecule has 4 aliphatic rings. The average molecular weight is 272 g/mol. The Hall–Kier alpha value is -0.920. The standard InChI is InChI=1S/C18H24O2/c1-18-9-8-14-13-5-3-12(19)10-11(13)2-4-15(14)16(18)6-7-17(18)20/h10,13-16H,2-9H2,1H3/t13-,14?,15+,16-,18-/m0/s1. The Balaban J connectivity index is 1.65. The number of fused-ring (bicyclic) bond motifs is 5. The maximum absolute atomic E-state index is 12.3. The number of rotatable bonds is 0. The van der Waals surface area contributed by atoms with E-state index in [0.717, 1.165) is 50.4 Å². The van der Waals surface area contributed by atoms with Gasteiger partial charge in [-0.1, -0.05) is 12.5 Å². The topological polar surface area (TPSA) is 34.1 Å². The van der Waals surface area contributed by atoms with Crippen LogP contribution in [0.2, 0.25) is 0 Å². The fraction of sp³-hybridized carbons (Fsp3) is 0.778. The van der Waals surface area contributed by atoms with Crippen LogP contribution in [0.15, 0.2) is 11.6 Å². The zero-order valence-corrected chi connectivity index (χ0v) is 12.4. The van der Waals surface area contributed by atoms with E-state index < -0.39 is 0 Å². The van der Waals surface area contributed by atoms with Gasteiger partial charge in [-0.25, -0.2) is 0 Å². The summed E-state index contributed by atoms with van der Waals surface area (Å²) in [5, 5.41) is 0. The number of Topliss-reactive ketones (excluding diaryl/α,β-unsaturated/α-hetero) is 1. The first-order valence-electron chi connectivity index (χ1n) is 8.36. The third-order valence-corrected chi connectivity index (χ3v) is 7.01. The summed E-state index contributed by atoms with van der Waals surface area (Å²) >= 11 is 0. The van der Waals surface area contributed by atoms with Gasteiger partial charge in [-0.3, -0.25) is 9.59 Å². The SMILES string of the molecule is C[C@]12CCC3[C@@H](CCC4=CC(=O)CC[C@@H]43)[C@@H]1CCC2=O. The minimum absolute atomic E-state index is 0.00707. The molecule has 2 heteroatoms. The van der Waals surface area contributed by atoms with E-state index in [4.69, 9.17) is 0 Å². The van der Waals surface area contributed by atoms with Crippen LogP contribution in [0.1, 0.15) is 58.3 Å². The lowest BCUT2D eigenvalue weighted by atomic mass is 9.52. The molecule has 1 unspecified atom stereocenters. The smallest absolute Gasteiger partial charge is 0.155 e. The van der Waals surface area contributed by atoms with Crippen molar-refractivity contribution in [2.45, 2.75) is 58.3 Å². The molecule has 0 aromatic rings. The molecule has 2 nitrogen and oxygen atoms in total. The number of ketones is 2. The zero-order chi connectivity index (χ0) is 13.9. The van der Waals surface area contributed by atoms with Crippen LogP contribution in [-0.2, 0) is 9.59 Å². The Morgan fingerprint density at radius 1 is 1.00 bits per heavy atom. The average Bonchev–Trinajstić information content (AvgIpc) is 2.74. The zero-order valence-electron chi connectivity index (χ0n) is 12.4. The van der Waals surface area contributed by atoms with Crippen molar-refractivity contribution in [3.63, 3.8) is 0 Å². The molecule has 0 spiro atoms. The number of hydrogen-bond donors (Lipinski definition) is 0. The fourth-order valence-electron chi connectivity index (χ4n) is 5.95. The second kappa shape index (κ2) is 4.29. The molecule has 3 saturated carbocycles. The Morgan fingerprint density at radius 2 is 1.85 bits per heavy atom. The molecule has 108 valence electrons. The summed E-state index contributed by atoms with van der Waals surface area (Å²) in [7, 11) is 0. The largest absolute Gasteiger partial charge is 0.299 e. The molecule has 0 amide bonds. The highest BCUT2D eigenvalue weighted by molar-refractivity contribution is 5.91. The lowest BCUT2D eigenvalue weighted by Crippen LogP contribution is -2.46. The quantitative estimate of drug-likeness (QED) is 0.674. The fourth-order valence-corrected chi connectivity index (χ4v) is 5.95. The number of allylic oxidation sites excluding steroid dienone is 1. The van der Waals surface area contributed by atoms with Crippen LogP contribution in [0.4, 0.5) is 0 Å². The van der Waals surface area contributed by atoms with Gasteiger partial charge in [0.25, 0.3) is 0 Å². The van der Waals surface area contributed by atoms with E-state index in [2.05, 4.69) is 6.92 Å². The summed E-state index contributed by atoms with van der Waals surface area (Å²) in [6.07, 6.45) is 10.3. The molecule has 20 heavy (non-hydrogen) atoms. The highest BCUT2D eigenvalue weighted by Crippen LogP contribution is 2.60. The van der Waals surface area contributed by atoms with Gasteiger partial charge in [-0.15, -0.1) is 0 Å². The molecule has 0 aliphatic heterocycles. The van der Waals surface area contributed by atoms with E-state index in [0.29, 0.717) is 23.4 Å². The Morgan fingerprint density at radius 3 is 2.70 bits per heavy atom. The molecule has 0 aromatic carbocycles. The molecule has 5 atom stereocenters. The van der Waals surface area contributed by atoms with Crippen LogP contribution in [0.3, 0.4) is 0 Å². The van der Waals surface area contributed by atoms with Gasteiger partial charge < -0.3 is 0 Å². The highest BCUT2D eigenvalue weighted by atomic mass is 16.1. The molecule has 3 fully saturated rings. The Bertz CT molecular complexity index is 504. The molecule has 4 rings (SSSR count). The van der Waals surface area contributed by atoms with E-state index in [-0.39, 0.29) is 5.41 Å². The van der Waals surface area contributed by atoms with E-state index in [9.17, 15) is 9.59 Å². The van der Waals surface area contributed by atoms with Gasteiger partial charge in [-0.2, -0.15) is 0 Å². The van der Waals surface area contributed by atoms with Gasteiger partial charge in [0.1, 0.15) is 5.78 Å². The van der Waals surface area contributed by atoms with Crippen LogP contribution >= 0.6 is 0 Å². The van der Waals surface area contributed by atoms with Crippen LogP contribution in [-0.4, -0.2) is 11.6 Å². The van der Waals surface area contributed by atoms with Crippen LogP contribution in [0.5, 0.6) is 0 Å². The molecule has 0 saturated heterocycles. The minimum Gasteiger partial charge on any atom is -0.299 e. The summed E-state index contributed by atoms with van der Waals surface area (Å²) in [6.45, 7) is 2.24. The van der Waals surface area contributed by atoms with Crippen molar-refractivity contribution in [2.24, 2.45) is 29.1 Å². The molecule has 0 aromatic heterocycles. The van der Waals surface area contributed by atoms with Crippen LogP contribution in [0.25, 0.3) is 0 Å². The third-order valence-electron chi connectivity index (χ3n) is 7.01. The van der Waals surface area contributed by atoms with Crippen LogP contribution in [0, 0.1) is 29.1 Å². The molecule has 0 bridgehead atoms. The molecule has 0 N–H and O–H groups in total. The first kappa shape index (κ1) is 12.8. The lowest BCUT2D eigenvalue weighted by molar-refractivity contribution is -0.131. The van der Waals surface area contributed by atoms with Gasteiger partial charge in [0, 0.05) is 18.3 Å². The summed E-state index contributed by atoms with van der Waals surface area (Å²) < 4.78 is 0. The van der Waals surface area contributed by atoms with E-state index >= 15 is 0 Å². The van der Waals surface area contributed by atoms with Gasteiger partial charge in [0.15, 0.2) is 5.78 Å². The highest BCUT2D eigenvalue weighted by Gasteiger charge is 2.55. The lowest BCUT2D eigenvalue weighted by Gasteiger charge is -2.52. The molecule has 0 radical (unpaired) electrons. The molecule has 0 heterocycles. The second-order valence-electron chi connectivity index (χ2n) is 7.72. The first-order valence-corrected chi connectivity index (χ1v) is 8.36. The van der Waals surface area contributed by atoms with E-state index in [1.165, 1.54) is 18.4 Å². The molecular formula is C18H24O2. The maximum atomic E-state index is 12.3. The molecule has 4 aliphatic carbocycles. The normalized spacial score (nSPS) is 47.4. The van der Waals surface area contributed by atoms with Crippen molar-refractivity contribution in [1.29, 1.82) is 0 Å². The number of hydrogen-bond acceptors (Lipinski definition) is 2. The predicted octanol–water partition coefficient (Wildman–Crippen LogP) is 3.70. The third kappa shape index (κ3) is 1.63. The van der Waals surface area contributed by atoms with Gasteiger partial charge in [0.05, 0.1) is 0 Å². The summed E-state index contributed by atoms with van der Waals surface area (Å²) in [4.78, 5) is 23.9. The van der Waals surface area contributed by atoms with Gasteiger partial charge in [0.2, 0.25) is 0 Å². The Kier molecular flexibility index (Phi) is 2.74. The van der Waals surface area contributed by atoms with Crippen LogP contribution < -0.4 is 0 Å². The van der Waals surface area contributed by atoms with E-state index in [1.54, 1.807) is 0 Å². The number of carbonyl (C=O) groups excluding carboxylic acids is 2. The summed E-state index contributed by atoms with van der Waals surface area (Å²) in [5.74, 6) is 3.66. The second-order valence-corrected chi connectivity index (χ2v) is 7.72. The molecular weight excluding hydrogens is 248 g/mol. The van der Waals surface area contributed by atoms with Crippen molar-refractivity contribution in [3.05, 3.63) is 11.6 Å². The Labute approximate surface area is 121 Å². The van der Waals surface area contributed by atoms with Crippen molar-refractivity contribution in [3.8, 4) is 0 Å². The van der Waals surface area contributed by atoms with Crippen molar-refractivity contribution < 1.29 is 9.59 Å². The first-order chi connectivity index (χ1) is 9.59. The minimum atomic E-state index is -0.00707. The van der Waals surface area contributed by atoms with Gasteiger partial charge >= 0.3 is 0 Å². The number of carbonyl (C=O) groups is 2. The van der Waals surface area contributed by atoms with Crippen molar-refractivity contribution in [1.82, 2.24) is 0 Å². The van der Waals surface area contributed by atoms with Crippen molar-refractivity contribution >= 4 is 11.6 Å². The van der Waals surface area contributed by atoms with Crippen molar-refractivity contribution in [2.75, 3.05) is 0 Å². The summed E-state index contributed by atoms with van der Waals surface area (Å²) in [5.41, 5.74) is 1.43. The monoisotopic (exact) mass is 272 g/mol. The van der Waals surface area contributed by atoms with Gasteiger partial charge in [-0.05, 0) is 68.3 Å². The summed E-state index contributed by atoms with van der Waals surface area (Å²) in [6, 6.07) is 0.